The minimum atomic E-state index is -0.116. The van der Waals surface area contributed by atoms with Crippen molar-refractivity contribution in [2.75, 3.05) is 17.2 Å². The van der Waals surface area contributed by atoms with Crippen molar-refractivity contribution in [2.45, 2.75) is 26.8 Å². The van der Waals surface area contributed by atoms with E-state index in [4.69, 9.17) is 4.42 Å². The van der Waals surface area contributed by atoms with Gasteiger partial charge in [-0.3, -0.25) is 0 Å². The van der Waals surface area contributed by atoms with E-state index >= 15 is 0 Å². The number of aryl methyl sites for hydroxylation is 1. The Hall–Kier alpha value is -2.64. The average molecular weight is 287 g/mol. The van der Waals surface area contributed by atoms with Crippen molar-refractivity contribution in [3.8, 4) is 0 Å². The standard InChI is InChI=1S/C13H17N7O/c1-4-14-13-19-10-9(16-6-17-10)11(20-13)18-8(3)12-15-5-7(2)21-12/h5-6,8H,4H2,1-3H3,(H3,14,16,17,18,19,20). The maximum atomic E-state index is 5.53. The fourth-order valence-electron chi connectivity index (χ4n) is 2.01. The van der Waals surface area contributed by atoms with Crippen molar-refractivity contribution in [3.05, 3.63) is 24.2 Å². The van der Waals surface area contributed by atoms with E-state index in [0.717, 1.165) is 17.8 Å². The molecular formula is C13H17N7O. The van der Waals surface area contributed by atoms with Gasteiger partial charge in [0.25, 0.3) is 0 Å². The molecule has 1 atom stereocenters. The zero-order valence-electron chi connectivity index (χ0n) is 12.1. The van der Waals surface area contributed by atoms with Crippen molar-refractivity contribution in [3.63, 3.8) is 0 Å². The molecule has 3 rings (SSSR count). The largest absolute Gasteiger partial charge is 0.444 e. The van der Waals surface area contributed by atoms with Gasteiger partial charge in [-0.2, -0.15) is 9.97 Å². The summed E-state index contributed by atoms with van der Waals surface area (Å²) in [5, 5.41) is 6.37. The molecule has 0 bridgehead atoms. The van der Waals surface area contributed by atoms with Gasteiger partial charge in [0.05, 0.1) is 12.5 Å². The van der Waals surface area contributed by atoms with Crippen LogP contribution in [0, 0.1) is 6.92 Å². The van der Waals surface area contributed by atoms with Crippen molar-refractivity contribution < 1.29 is 4.42 Å². The molecule has 3 aromatic heterocycles. The van der Waals surface area contributed by atoms with Gasteiger partial charge in [-0.15, -0.1) is 0 Å². The Morgan fingerprint density at radius 3 is 2.90 bits per heavy atom. The fraction of sp³-hybridized carbons (Fsp3) is 0.385. The zero-order chi connectivity index (χ0) is 14.8. The highest BCUT2D eigenvalue weighted by molar-refractivity contribution is 5.83. The minimum absolute atomic E-state index is 0.116. The summed E-state index contributed by atoms with van der Waals surface area (Å²) in [5.74, 6) is 2.59. The van der Waals surface area contributed by atoms with Crippen LogP contribution in [0.2, 0.25) is 0 Å². The molecule has 0 saturated heterocycles. The van der Waals surface area contributed by atoms with Crippen LogP contribution in [0.5, 0.6) is 0 Å². The molecule has 0 fully saturated rings. The van der Waals surface area contributed by atoms with Gasteiger partial charge in [0.15, 0.2) is 11.5 Å². The molecule has 8 nitrogen and oxygen atoms in total. The minimum Gasteiger partial charge on any atom is -0.444 e. The molecule has 3 aromatic rings. The van der Waals surface area contributed by atoms with Crippen LogP contribution in [0.4, 0.5) is 11.8 Å². The molecule has 0 spiro atoms. The number of anilines is 2. The molecule has 0 aliphatic rings. The van der Waals surface area contributed by atoms with Crippen LogP contribution < -0.4 is 10.6 Å². The van der Waals surface area contributed by atoms with Gasteiger partial charge >= 0.3 is 0 Å². The summed E-state index contributed by atoms with van der Waals surface area (Å²) in [6.45, 7) is 6.56. The summed E-state index contributed by atoms with van der Waals surface area (Å²) >= 11 is 0. The van der Waals surface area contributed by atoms with E-state index in [2.05, 4.69) is 35.6 Å². The van der Waals surface area contributed by atoms with E-state index in [1.165, 1.54) is 0 Å². The van der Waals surface area contributed by atoms with Crippen LogP contribution in [0.1, 0.15) is 31.5 Å². The van der Waals surface area contributed by atoms with Crippen molar-refractivity contribution >= 4 is 22.9 Å². The Balaban J connectivity index is 1.93. The van der Waals surface area contributed by atoms with E-state index in [0.29, 0.717) is 23.3 Å². The fourth-order valence-corrected chi connectivity index (χ4v) is 2.01. The molecule has 3 heterocycles. The van der Waals surface area contributed by atoms with Gasteiger partial charge in [0, 0.05) is 6.54 Å². The number of nitrogens with one attached hydrogen (secondary N) is 3. The van der Waals surface area contributed by atoms with E-state index in [1.807, 2.05) is 20.8 Å². The van der Waals surface area contributed by atoms with Crippen LogP contribution in [-0.4, -0.2) is 31.5 Å². The highest BCUT2D eigenvalue weighted by Gasteiger charge is 2.16. The summed E-state index contributed by atoms with van der Waals surface area (Å²) in [5.41, 5.74) is 1.37. The third-order valence-electron chi connectivity index (χ3n) is 2.98. The SMILES string of the molecule is CCNc1nc(NC(C)c2ncc(C)o2)c2[nH]cnc2n1. The molecule has 21 heavy (non-hydrogen) atoms. The number of aromatic nitrogens is 5. The van der Waals surface area contributed by atoms with Crippen molar-refractivity contribution in [2.24, 2.45) is 0 Å². The number of hydrogen-bond donors (Lipinski definition) is 3. The number of rotatable bonds is 5. The van der Waals surface area contributed by atoms with Crippen molar-refractivity contribution in [1.82, 2.24) is 24.9 Å². The van der Waals surface area contributed by atoms with Gasteiger partial charge < -0.3 is 20.0 Å². The number of hydrogen-bond acceptors (Lipinski definition) is 7. The Morgan fingerprint density at radius 1 is 1.33 bits per heavy atom. The molecule has 0 aromatic carbocycles. The third kappa shape index (κ3) is 2.64. The molecule has 0 radical (unpaired) electrons. The predicted molar refractivity (Wildman–Crippen MR) is 79.1 cm³/mol. The maximum Gasteiger partial charge on any atom is 0.226 e. The molecule has 0 aliphatic heterocycles. The van der Waals surface area contributed by atoms with Gasteiger partial charge in [0.2, 0.25) is 11.8 Å². The summed E-state index contributed by atoms with van der Waals surface area (Å²) in [6.07, 6.45) is 3.30. The molecule has 0 amide bonds. The zero-order valence-corrected chi connectivity index (χ0v) is 12.1. The van der Waals surface area contributed by atoms with Crippen LogP contribution in [-0.2, 0) is 0 Å². The second-order valence-electron chi connectivity index (χ2n) is 4.70. The first-order valence-electron chi connectivity index (χ1n) is 6.81. The lowest BCUT2D eigenvalue weighted by atomic mass is 10.3. The molecule has 1 unspecified atom stereocenters. The molecule has 0 saturated carbocycles. The lowest BCUT2D eigenvalue weighted by molar-refractivity contribution is 0.453. The van der Waals surface area contributed by atoms with E-state index < -0.39 is 0 Å². The number of aromatic amines is 1. The van der Waals surface area contributed by atoms with Crippen LogP contribution in [0.15, 0.2) is 16.9 Å². The van der Waals surface area contributed by atoms with E-state index in [1.54, 1.807) is 12.5 Å². The molecular weight excluding hydrogens is 270 g/mol. The monoisotopic (exact) mass is 287 g/mol. The van der Waals surface area contributed by atoms with Gasteiger partial charge in [-0.25, -0.2) is 9.97 Å². The number of imidazole rings is 1. The number of fused-ring (bicyclic) bond motifs is 1. The number of oxazole rings is 1. The Bertz CT molecular complexity index is 748. The van der Waals surface area contributed by atoms with Gasteiger partial charge in [0.1, 0.15) is 17.3 Å². The van der Waals surface area contributed by atoms with E-state index in [-0.39, 0.29) is 6.04 Å². The Labute approximate surface area is 121 Å². The Morgan fingerprint density at radius 2 is 2.19 bits per heavy atom. The lowest BCUT2D eigenvalue weighted by Gasteiger charge is -2.12. The maximum absolute atomic E-state index is 5.53. The quantitative estimate of drug-likeness (QED) is 0.661. The summed E-state index contributed by atoms with van der Waals surface area (Å²) in [6, 6.07) is -0.116. The Kier molecular flexibility index (Phi) is 3.43. The summed E-state index contributed by atoms with van der Waals surface area (Å²) < 4.78 is 5.53. The number of nitrogens with zero attached hydrogens (tertiary/aromatic N) is 4. The first-order valence-corrected chi connectivity index (χ1v) is 6.81. The second-order valence-corrected chi connectivity index (χ2v) is 4.70. The molecule has 110 valence electrons. The van der Waals surface area contributed by atoms with E-state index in [9.17, 15) is 0 Å². The third-order valence-corrected chi connectivity index (χ3v) is 2.98. The predicted octanol–water partition coefficient (Wildman–Crippen LogP) is 2.25. The molecule has 8 heteroatoms. The highest BCUT2D eigenvalue weighted by atomic mass is 16.4. The smallest absolute Gasteiger partial charge is 0.226 e. The normalized spacial score (nSPS) is 12.5. The summed E-state index contributed by atoms with van der Waals surface area (Å²) in [4.78, 5) is 20.2. The van der Waals surface area contributed by atoms with Gasteiger partial charge in [-0.05, 0) is 20.8 Å². The lowest BCUT2D eigenvalue weighted by Crippen LogP contribution is -2.11. The average Bonchev–Trinajstić information content (AvgIpc) is 3.07. The topological polar surface area (TPSA) is 105 Å². The molecule has 0 aliphatic carbocycles. The van der Waals surface area contributed by atoms with Crippen LogP contribution in [0.25, 0.3) is 11.2 Å². The van der Waals surface area contributed by atoms with Crippen LogP contribution in [0.3, 0.4) is 0 Å². The first-order chi connectivity index (χ1) is 10.2. The first kappa shape index (κ1) is 13.3. The molecule has 3 N–H and O–H groups in total. The number of H-pyrrole nitrogens is 1. The second kappa shape index (κ2) is 5.39. The van der Waals surface area contributed by atoms with Crippen molar-refractivity contribution in [1.29, 1.82) is 0 Å². The highest BCUT2D eigenvalue weighted by Crippen LogP contribution is 2.23. The van der Waals surface area contributed by atoms with Gasteiger partial charge in [-0.1, -0.05) is 0 Å². The summed E-state index contributed by atoms with van der Waals surface area (Å²) in [7, 11) is 0. The van der Waals surface area contributed by atoms with Crippen LogP contribution >= 0.6 is 0 Å².